The molecule has 2 heterocycles. The lowest BCUT2D eigenvalue weighted by Gasteiger charge is -2.33. The Morgan fingerprint density at radius 2 is 1.93 bits per heavy atom. The number of nitrogens with zero attached hydrogens (tertiary/aromatic N) is 2. The summed E-state index contributed by atoms with van der Waals surface area (Å²) in [4.78, 5) is 6.87. The predicted molar refractivity (Wildman–Crippen MR) is 124 cm³/mol. The van der Waals surface area contributed by atoms with Crippen LogP contribution in [0.2, 0.25) is 0 Å². The summed E-state index contributed by atoms with van der Waals surface area (Å²) in [6.45, 7) is 4.76. The van der Waals surface area contributed by atoms with Crippen molar-refractivity contribution in [1.82, 2.24) is 10.6 Å². The Balaban J connectivity index is 1.21. The standard InChI is InChI=1S/C23H34N4OS/c1-24-23(26-21-11-15-27(16-12-21)22-10-7-19-29-22)25-14-5-6-17-28-18-13-20-8-3-2-4-9-20/h2-4,7-10,19,21H,5-6,11-18H2,1H3,(H2,24,25,26). The molecule has 0 amide bonds. The van der Waals surface area contributed by atoms with E-state index in [9.17, 15) is 0 Å². The van der Waals surface area contributed by atoms with Gasteiger partial charge in [-0.25, -0.2) is 0 Å². The summed E-state index contributed by atoms with van der Waals surface area (Å²) < 4.78 is 5.76. The van der Waals surface area contributed by atoms with Crippen molar-refractivity contribution in [3.63, 3.8) is 0 Å². The summed E-state index contributed by atoms with van der Waals surface area (Å²) in [5.41, 5.74) is 1.34. The van der Waals surface area contributed by atoms with Gasteiger partial charge in [0.15, 0.2) is 5.96 Å². The molecule has 3 rings (SSSR count). The van der Waals surface area contributed by atoms with Crippen LogP contribution in [0.25, 0.3) is 0 Å². The molecule has 5 nitrogen and oxygen atoms in total. The van der Waals surface area contributed by atoms with E-state index >= 15 is 0 Å². The van der Waals surface area contributed by atoms with E-state index in [0.29, 0.717) is 6.04 Å². The van der Waals surface area contributed by atoms with Crippen molar-refractivity contribution in [1.29, 1.82) is 0 Å². The lowest BCUT2D eigenvalue weighted by Crippen LogP contribution is -2.48. The Bertz CT molecular complexity index is 697. The molecule has 1 saturated heterocycles. The average molecular weight is 415 g/mol. The van der Waals surface area contributed by atoms with E-state index in [2.05, 4.69) is 62.3 Å². The van der Waals surface area contributed by atoms with Gasteiger partial charge < -0.3 is 20.3 Å². The highest BCUT2D eigenvalue weighted by molar-refractivity contribution is 7.14. The minimum absolute atomic E-state index is 0.499. The number of rotatable bonds is 10. The fraction of sp³-hybridized carbons (Fsp3) is 0.522. The van der Waals surface area contributed by atoms with Gasteiger partial charge in [-0.1, -0.05) is 30.3 Å². The molecule has 0 aliphatic carbocycles. The molecule has 0 radical (unpaired) electrons. The number of guanidine groups is 1. The van der Waals surface area contributed by atoms with Crippen molar-refractivity contribution in [2.45, 2.75) is 38.1 Å². The molecule has 2 aromatic rings. The second-order valence-corrected chi connectivity index (χ2v) is 8.34. The van der Waals surface area contributed by atoms with Crippen LogP contribution in [0.4, 0.5) is 5.00 Å². The normalized spacial score (nSPS) is 15.5. The van der Waals surface area contributed by atoms with E-state index in [0.717, 1.165) is 70.9 Å². The molecule has 158 valence electrons. The highest BCUT2D eigenvalue weighted by atomic mass is 32.1. The molecule has 1 aromatic carbocycles. The monoisotopic (exact) mass is 414 g/mol. The van der Waals surface area contributed by atoms with Gasteiger partial charge >= 0.3 is 0 Å². The van der Waals surface area contributed by atoms with Crippen molar-refractivity contribution < 1.29 is 4.74 Å². The van der Waals surface area contributed by atoms with E-state index in [4.69, 9.17) is 4.74 Å². The number of anilines is 1. The number of thiophene rings is 1. The number of hydrogen-bond donors (Lipinski definition) is 2. The highest BCUT2D eigenvalue weighted by Crippen LogP contribution is 2.24. The van der Waals surface area contributed by atoms with Crippen molar-refractivity contribution in [2.24, 2.45) is 4.99 Å². The SMILES string of the molecule is CN=C(NCCCCOCCc1ccccc1)NC1CCN(c2cccs2)CC1. The van der Waals surface area contributed by atoms with Crippen molar-refractivity contribution in [3.05, 3.63) is 53.4 Å². The van der Waals surface area contributed by atoms with Crippen molar-refractivity contribution in [3.8, 4) is 0 Å². The van der Waals surface area contributed by atoms with Crippen LogP contribution < -0.4 is 15.5 Å². The molecule has 29 heavy (non-hydrogen) atoms. The third-order valence-electron chi connectivity index (χ3n) is 5.26. The molecule has 6 heteroatoms. The van der Waals surface area contributed by atoms with Crippen LogP contribution in [0.3, 0.4) is 0 Å². The number of aliphatic imine (C=N–C) groups is 1. The molecule has 1 aliphatic heterocycles. The molecule has 1 fully saturated rings. The number of ether oxygens (including phenoxy) is 1. The highest BCUT2D eigenvalue weighted by Gasteiger charge is 2.20. The summed E-state index contributed by atoms with van der Waals surface area (Å²) in [6, 6.07) is 15.3. The maximum Gasteiger partial charge on any atom is 0.191 e. The van der Waals surface area contributed by atoms with Crippen LogP contribution in [0.15, 0.2) is 52.8 Å². The van der Waals surface area contributed by atoms with Crippen LogP contribution in [-0.2, 0) is 11.2 Å². The molecule has 0 saturated carbocycles. The Kier molecular flexibility index (Phi) is 9.33. The molecule has 0 unspecified atom stereocenters. The van der Waals surface area contributed by atoms with Crippen LogP contribution in [-0.4, -0.2) is 51.9 Å². The fourth-order valence-corrected chi connectivity index (χ4v) is 4.34. The van der Waals surface area contributed by atoms with Crippen LogP contribution in [0, 0.1) is 0 Å². The van der Waals surface area contributed by atoms with Gasteiger partial charge in [0.05, 0.1) is 11.6 Å². The molecular weight excluding hydrogens is 380 g/mol. The zero-order chi connectivity index (χ0) is 20.2. The molecule has 2 N–H and O–H groups in total. The second kappa shape index (κ2) is 12.5. The number of unbranched alkanes of at least 4 members (excludes halogenated alkanes) is 1. The third-order valence-corrected chi connectivity index (χ3v) is 6.19. The summed E-state index contributed by atoms with van der Waals surface area (Å²) >= 11 is 1.83. The van der Waals surface area contributed by atoms with Gasteiger partial charge in [-0.2, -0.15) is 0 Å². The van der Waals surface area contributed by atoms with Gasteiger partial charge in [-0.3, -0.25) is 4.99 Å². The minimum atomic E-state index is 0.499. The average Bonchev–Trinajstić information content (AvgIpc) is 3.31. The summed E-state index contributed by atoms with van der Waals surface area (Å²) in [5, 5.41) is 10.6. The number of hydrogen-bond acceptors (Lipinski definition) is 4. The molecule has 0 spiro atoms. The third kappa shape index (κ3) is 7.71. The predicted octanol–water partition coefficient (Wildman–Crippen LogP) is 3.92. The van der Waals surface area contributed by atoms with Gasteiger partial charge in [-0.15, -0.1) is 11.3 Å². The fourth-order valence-electron chi connectivity index (χ4n) is 3.55. The summed E-state index contributed by atoms with van der Waals surface area (Å²) in [5.74, 6) is 0.921. The minimum Gasteiger partial charge on any atom is -0.381 e. The first-order valence-corrected chi connectivity index (χ1v) is 11.6. The van der Waals surface area contributed by atoms with Crippen molar-refractivity contribution in [2.75, 3.05) is 44.8 Å². The molecule has 0 atom stereocenters. The number of benzene rings is 1. The number of nitrogens with one attached hydrogen (secondary N) is 2. The largest absolute Gasteiger partial charge is 0.381 e. The molecular formula is C23H34N4OS. The smallest absolute Gasteiger partial charge is 0.191 e. The Labute approximate surface area is 179 Å². The van der Waals surface area contributed by atoms with Gasteiger partial charge in [0, 0.05) is 39.3 Å². The van der Waals surface area contributed by atoms with Gasteiger partial charge in [0.1, 0.15) is 0 Å². The molecule has 1 aliphatic rings. The van der Waals surface area contributed by atoms with Crippen LogP contribution in [0.5, 0.6) is 0 Å². The lowest BCUT2D eigenvalue weighted by molar-refractivity contribution is 0.133. The lowest BCUT2D eigenvalue weighted by atomic mass is 10.1. The van der Waals surface area contributed by atoms with E-state index in [1.165, 1.54) is 10.6 Å². The van der Waals surface area contributed by atoms with Gasteiger partial charge in [0.25, 0.3) is 0 Å². The van der Waals surface area contributed by atoms with E-state index in [1.807, 2.05) is 24.5 Å². The molecule has 0 bridgehead atoms. The Morgan fingerprint density at radius 3 is 2.66 bits per heavy atom. The zero-order valence-corrected chi connectivity index (χ0v) is 18.3. The van der Waals surface area contributed by atoms with Crippen molar-refractivity contribution >= 4 is 22.3 Å². The van der Waals surface area contributed by atoms with Gasteiger partial charge in [0.2, 0.25) is 0 Å². The van der Waals surface area contributed by atoms with Gasteiger partial charge in [-0.05, 0) is 55.2 Å². The first kappa shape index (κ1) is 21.7. The summed E-state index contributed by atoms with van der Waals surface area (Å²) in [6.07, 6.45) is 5.43. The van der Waals surface area contributed by atoms with E-state index in [1.54, 1.807) is 0 Å². The first-order chi connectivity index (χ1) is 14.3. The van der Waals surface area contributed by atoms with E-state index < -0.39 is 0 Å². The Hall–Kier alpha value is -2.05. The number of piperidine rings is 1. The van der Waals surface area contributed by atoms with Crippen LogP contribution in [0.1, 0.15) is 31.2 Å². The molecule has 1 aromatic heterocycles. The summed E-state index contributed by atoms with van der Waals surface area (Å²) in [7, 11) is 1.85. The van der Waals surface area contributed by atoms with E-state index in [-0.39, 0.29) is 0 Å². The maximum absolute atomic E-state index is 5.76. The quantitative estimate of drug-likeness (QED) is 0.351. The maximum atomic E-state index is 5.76. The zero-order valence-electron chi connectivity index (χ0n) is 17.5. The van der Waals surface area contributed by atoms with Crippen LogP contribution >= 0.6 is 11.3 Å². The second-order valence-electron chi connectivity index (χ2n) is 7.41. The topological polar surface area (TPSA) is 48.9 Å². The first-order valence-electron chi connectivity index (χ1n) is 10.7. The Morgan fingerprint density at radius 1 is 1.10 bits per heavy atom.